The minimum Gasteiger partial charge on any atom is -0.308 e. The van der Waals surface area contributed by atoms with E-state index in [1.165, 1.54) is 0 Å². The van der Waals surface area contributed by atoms with Gasteiger partial charge >= 0.3 is 0 Å². The summed E-state index contributed by atoms with van der Waals surface area (Å²) in [5.74, 6) is 0.672. The van der Waals surface area contributed by atoms with Crippen molar-refractivity contribution in [3.05, 3.63) is 206 Å². The first kappa shape index (κ1) is 32.2. The fourth-order valence-electron chi connectivity index (χ4n) is 7.72. The van der Waals surface area contributed by atoms with Gasteiger partial charge in [0.25, 0.3) is 0 Å². The number of hydrogen-bond acceptors (Lipinski definition) is 4. The van der Waals surface area contributed by atoms with Crippen LogP contribution in [0, 0.1) is 0 Å². The molecule has 0 saturated heterocycles. The van der Waals surface area contributed by atoms with E-state index in [4.69, 9.17) is 15.0 Å². The fourth-order valence-corrected chi connectivity index (χ4v) is 7.72. The molecule has 10 aromatic rings. The van der Waals surface area contributed by atoms with Gasteiger partial charge in [-0.05, 0) is 53.2 Å². The quantitative estimate of drug-likeness (QED) is 0.155. The second-order valence-electron chi connectivity index (χ2n) is 13.6. The third-order valence-electron chi connectivity index (χ3n) is 10.2. The van der Waals surface area contributed by atoms with E-state index in [2.05, 4.69) is 199 Å². The van der Waals surface area contributed by atoms with Gasteiger partial charge in [0.1, 0.15) is 0 Å². The molecule has 0 fully saturated rings. The first-order valence-electron chi connectivity index (χ1n) is 18.5. The summed E-state index contributed by atoms with van der Waals surface area (Å²) in [5, 5.41) is 5.48. The van der Waals surface area contributed by atoms with Gasteiger partial charge in [0.15, 0.2) is 5.82 Å². The Labute approximate surface area is 319 Å². The summed E-state index contributed by atoms with van der Waals surface area (Å²) in [5.41, 5.74) is 10.8. The molecule has 0 aliphatic heterocycles. The van der Waals surface area contributed by atoms with Crippen molar-refractivity contribution in [3.63, 3.8) is 0 Å². The van der Waals surface area contributed by atoms with E-state index in [0.717, 1.165) is 88.8 Å². The van der Waals surface area contributed by atoms with Crippen molar-refractivity contribution < 1.29 is 0 Å². The first-order valence-corrected chi connectivity index (χ1v) is 18.5. The number of nitrogens with zero attached hydrogens (tertiary/aromatic N) is 4. The van der Waals surface area contributed by atoms with Gasteiger partial charge in [-0.15, -0.1) is 0 Å². The number of benzene rings is 8. The van der Waals surface area contributed by atoms with Gasteiger partial charge < -0.3 is 4.90 Å². The molecule has 0 radical (unpaired) electrons. The summed E-state index contributed by atoms with van der Waals surface area (Å²) >= 11 is 0. The Kier molecular flexibility index (Phi) is 8.12. The van der Waals surface area contributed by atoms with E-state index in [-0.39, 0.29) is 0 Å². The average Bonchev–Trinajstić information content (AvgIpc) is 3.27. The van der Waals surface area contributed by atoms with Gasteiger partial charge in [0.2, 0.25) is 0 Å². The maximum atomic E-state index is 5.63. The van der Waals surface area contributed by atoms with Gasteiger partial charge in [0.05, 0.1) is 28.3 Å². The summed E-state index contributed by atoms with van der Waals surface area (Å²) in [4.78, 5) is 18.5. The molecule has 0 aliphatic carbocycles. The molecule has 8 aromatic carbocycles. The van der Waals surface area contributed by atoms with Crippen LogP contribution in [0.25, 0.3) is 77.6 Å². The highest BCUT2D eigenvalue weighted by Crippen LogP contribution is 2.45. The normalized spacial score (nSPS) is 11.3. The van der Waals surface area contributed by atoms with Gasteiger partial charge in [0, 0.05) is 49.8 Å². The zero-order valence-electron chi connectivity index (χ0n) is 29.9. The molecule has 0 unspecified atom stereocenters. The van der Waals surface area contributed by atoms with Crippen molar-refractivity contribution in [3.8, 4) is 45.2 Å². The van der Waals surface area contributed by atoms with E-state index < -0.39 is 0 Å². The Balaban J connectivity index is 1.31. The third-order valence-corrected chi connectivity index (χ3v) is 10.2. The monoisotopic (exact) mass is 702 g/mol. The molecule has 0 N–H and O–H groups in total. The molecule has 0 spiro atoms. The molecular formula is C51H34N4. The van der Waals surface area contributed by atoms with Crippen LogP contribution in [-0.4, -0.2) is 15.0 Å². The first-order chi connectivity index (χ1) is 27.3. The average molecular weight is 703 g/mol. The molecule has 258 valence electrons. The highest BCUT2D eigenvalue weighted by atomic mass is 15.1. The van der Waals surface area contributed by atoms with Crippen molar-refractivity contribution >= 4 is 49.5 Å². The van der Waals surface area contributed by atoms with Crippen molar-refractivity contribution in [2.45, 2.75) is 0 Å². The number of para-hydroxylation sites is 3. The Morgan fingerprint density at radius 2 is 0.818 bits per heavy atom. The smallest absolute Gasteiger partial charge is 0.161 e. The molecule has 4 nitrogen and oxygen atoms in total. The second-order valence-corrected chi connectivity index (χ2v) is 13.6. The molecule has 0 atom stereocenters. The summed E-state index contributed by atoms with van der Waals surface area (Å²) in [6.45, 7) is 0. The predicted octanol–water partition coefficient (Wildman–Crippen LogP) is 13.5. The molecule has 4 heteroatoms. The maximum Gasteiger partial charge on any atom is 0.161 e. The molecule has 0 amide bonds. The molecule has 0 saturated carbocycles. The summed E-state index contributed by atoms with van der Waals surface area (Å²) in [6.07, 6.45) is 0. The second kappa shape index (κ2) is 13.8. The van der Waals surface area contributed by atoms with E-state index >= 15 is 0 Å². The number of fused-ring (bicyclic) bond motifs is 5. The van der Waals surface area contributed by atoms with Gasteiger partial charge in [-0.1, -0.05) is 164 Å². The minimum absolute atomic E-state index is 0.672. The molecule has 0 aliphatic rings. The highest BCUT2D eigenvalue weighted by molar-refractivity contribution is 6.26. The molecule has 0 bridgehead atoms. The number of pyridine rings is 1. The lowest BCUT2D eigenvalue weighted by atomic mass is 9.91. The van der Waals surface area contributed by atoms with Crippen molar-refractivity contribution in [2.75, 3.05) is 4.90 Å². The van der Waals surface area contributed by atoms with Crippen LogP contribution < -0.4 is 4.90 Å². The van der Waals surface area contributed by atoms with Crippen molar-refractivity contribution in [1.29, 1.82) is 0 Å². The van der Waals surface area contributed by atoms with E-state index in [9.17, 15) is 0 Å². The Bertz CT molecular complexity index is 2850. The van der Waals surface area contributed by atoms with E-state index in [0.29, 0.717) is 5.82 Å². The lowest BCUT2D eigenvalue weighted by Gasteiger charge is -2.27. The molecule has 10 rings (SSSR count). The lowest BCUT2D eigenvalue weighted by Crippen LogP contribution is -2.11. The van der Waals surface area contributed by atoms with Crippen molar-refractivity contribution in [2.24, 2.45) is 0 Å². The van der Waals surface area contributed by atoms with Crippen LogP contribution in [0.5, 0.6) is 0 Å². The van der Waals surface area contributed by atoms with Crippen LogP contribution in [0.4, 0.5) is 17.1 Å². The van der Waals surface area contributed by atoms with E-state index in [1.807, 2.05) is 12.1 Å². The molecule has 55 heavy (non-hydrogen) atoms. The molecule has 2 aromatic heterocycles. The summed E-state index contributed by atoms with van der Waals surface area (Å²) in [6, 6.07) is 71.9. The Hall–Kier alpha value is -7.43. The topological polar surface area (TPSA) is 41.9 Å². The fraction of sp³-hybridized carbons (Fsp3) is 0. The zero-order valence-corrected chi connectivity index (χ0v) is 29.9. The number of anilines is 3. The SMILES string of the molecule is c1ccc(-c2cc(-c3ccccc3)nc(-c3cc4c(-c5ccccc5)nc5c(N(c6ccccc6)c6ccccc6)cccc5c4c4ccccc34)n2)cc1. The van der Waals surface area contributed by atoms with Crippen LogP contribution in [0.1, 0.15) is 0 Å². The van der Waals surface area contributed by atoms with Crippen LogP contribution in [0.2, 0.25) is 0 Å². The van der Waals surface area contributed by atoms with Gasteiger partial charge in [-0.2, -0.15) is 0 Å². The molecule has 2 heterocycles. The number of aromatic nitrogens is 3. The van der Waals surface area contributed by atoms with Crippen LogP contribution in [0.15, 0.2) is 206 Å². The van der Waals surface area contributed by atoms with Crippen molar-refractivity contribution in [1.82, 2.24) is 15.0 Å². The largest absolute Gasteiger partial charge is 0.308 e. The number of rotatable bonds is 7. The predicted molar refractivity (Wildman–Crippen MR) is 229 cm³/mol. The summed E-state index contributed by atoms with van der Waals surface area (Å²) in [7, 11) is 0. The third kappa shape index (κ3) is 5.87. The Morgan fingerprint density at radius 3 is 1.38 bits per heavy atom. The maximum absolute atomic E-state index is 5.63. The molecular weight excluding hydrogens is 669 g/mol. The summed E-state index contributed by atoms with van der Waals surface area (Å²) < 4.78 is 0. The van der Waals surface area contributed by atoms with Crippen LogP contribution in [-0.2, 0) is 0 Å². The van der Waals surface area contributed by atoms with Crippen LogP contribution in [0.3, 0.4) is 0 Å². The van der Waals surface area contributed by atoms with Crippen LogP contribution >= 0.6 is 0 Å². The zero-order chi connectivity index (χ0) is 36.6. The minimum atomic E-state index is 0.672. The Morgan fingerprint density at radius 1 is 0.345 bits per heavy atom. The lowest BCUT2D eigenvalue weighted by molar-refractivity contribution is 1.19. The standard InChI is InChI=1S/C51H34N4/c1-6-19-35(20-7-1)45-34-46(36-21-8-2-9-22-36)53-51(52-45)43-33-44-48(41-30-17-16-29-40(41)43)42-31-18-32-47(50(42)54-49(44)37-23-10-3-11-24-37)55(38-25-12-4-13-26-38)39-27-14-5-15-28-39/h1-34H. The van der Waals surface area contributed by atoms with Gasteiger partial charge in [-0.25, -0.2) is 15.0 Å². The van der Waals surface area contributed by atoms with E-state index in [1.54, 1.807) is 0 Å². The highest BCUT2D eigenvalue weighted by Gasteiger charge is 2.22. The van der Waals surface area contributed by atoms with Gasteiger partial charge in [-0.3, -0.25) is 0 Å². The number of hydrogen-bond donors (Lipinski definition) is 0.